The maximum Gasteiger partial charge on any atom is 0.418 e. The summed E-state index contributed by atoms with van der Waals surface area (Å²) in [7, 11) is 0. The SMILES string of the molecule is O=C(Nc1ccccc1C(F)(F)F)N(Cc1ccncc1)C[C@H]1CCCO1. The molecule has 0 saturated carbocycles. The molecule has 5 nitrogen and oxygen atoms in total. The average Bonchev–Trinajstić information content (AvgIpc) is 3.15. The molecule has 27 heavy (non-hydrogen) atoms. The Kier molecular flexibility index (Phi) is 5.95. The van der Waals surface area contributed by atoms with Crippen LogP contribution in [0.4, 0.5) is 23.7 Å². The van der Waals surface area contributed by atoms with E-state index in [1.165, 1.54) is 23.1 Å². The number of aromatic nitrogens is 1. The van der Waals surface area contributed by atoms with Crippen LogP contribution in [-0.4, -0.2) is 35.2 Å². The monoisotopic (exact) mass is 379 g/mol. The van der Waals surface area contributed by atoms with Gasteiger partial charge in [0.25, 0.3) is 0 Å². The molecular weight excluding hydrogens is 359 g/mol. The van der Waals surface area contributed by atoms with Crippen molar-refractivity contribution in [1.82, 2.24) is 9.88 Å². The number of alkyl halides is 3. The molecular formula is C19H20F3N3O2. The van der Waals surface area contributed by atoms with Crippen molar-refractivity contribution in [1.29, 1.82) is 0 Å². The van der Waals surface area contributed by atoms with Crippen LogP contribution < -0.4 is 5.32 Å². The van der Waals surface area contributed by atoms with Crippen LogP contribution in [0.5, 0.6) is 0 Å². The van der Waals surface area contributed by atoms with Gasteiger partial charge in [-0.2, -0.15) is 13.2 Å². The van der Waals surface area contributed by atoms with E-state index in [-0.39, 0.29) is 18.3 Å². The van der Waals surface area contributed by atoms with Crippen LogP contribution in [0.25, 0.3) is 0 Å². The number of carbonyl (C=O) groups is 1. The smallest absolute Gasteiger partial charge is 0.376 e. The van der Waals surface area contributed by atoms with Gasteiger partial charge in [0, 0.05) is 32.1 Å². The summed E-state index contributed by atoms with van der Waals surface area (Å²) in [5.74, 6) is 0. The Labute approximate surface area is 155 Å². The molecule has 2 aromatic rings. The standard InChI is InChI=1S/C19H20F3N3O2/c20-19(21,22)16-5-1-2-6-17(16)24-18(26)25(13-15-4-3-11-27-15)12-14-7-9-23-10-8-14/h1-2,5-10,15H,3-4,11-13H2,(H,24,26)/t15-/m1/s1. The van der Waals surface area contributed by atoms with Crippen molar-refractivity contribution in [2.75, 3.05) is 18.5 Å². The Bertz CT molecular complexity index is 762. The quantitative estimate of drug-likeness (QED) is 0.842. The number of anilines is 1. The summed E-state index contributed by atoms with van der Waals surface area (Å²) >= 11 is 0. The molecule has 0 unspecified atom stereocenters. The summed E-state index contributed by atoms with van der Waals surface area (Å²) < 4.78 is 45.1. The minimum Gasteiger partial charge on any atom is -0.376 e. The van der Waals surface area contributed by atoms with E-state index in [9.17, 15) is 18.0 Å². The fraction of sp³-hybridized carbons (Fsp3) is 0.368. The van der Waals surface area contributed by atoms with Crippen molar-refractivity contribution in [3.63, 3.8) is 0 Å². The van der Waals surface area contributed by atoms with Crippen molar-refractivity contribution in [2.24, 2.45) is 0 Å². The molecule has 0 bridgehead atoms. The number of benzene rings is 1. The molecule has 1 saturated heterocycles. The number of para-hydroxylation sites is 1. The first-order chi connectivity index (χ1) is 12.9. The number of halogens is 3. The molecule has 0 aliphatic carbocycles. The van der Waals surface area contributed by atoms with E-state index in [0.29, 0.717) is 13.2 Å². The highest BCUT2D eigenvalue weighted by Gasteiger charge is 2.34. The fourth-order valence-corrected chi connectivity index (χ4v) is 3.00. The van der Waals surface area contributed by atoms with Gasteiger partial charge >= 0.3 is 12.2 Å². The van der Waals surface area contributed by atoms with Gasteiger partial charge in [-0.05, 0) is 42.7 Å². The Morgan fingerprint density at radius 2 is 1.96 bits per heavy atom. The van der Waals surface area contributed by atoms with Crippen LogP contribution >= 0.6 is 0 Å². The predicted octanol–water partition coefficient (Wildman–Crippen LogP) is 4.31. The summed E-state index contributed by atoms with van der Waals surface area (Å²) in [4.78, 5) is 18.2. The molecule has 1 atom stereocenters. The molecule has 8 heteroatoms. The van der Waals surface area contributed by atoms with E-state index in [0.717, 1.165) is 24.5 Å². The lowest BCUT2D eigenvalue weighted by molar-refractivity contribution is -0.136. The zero-order valence-corrected chi connectivity index (χ0v) is 14.6. The minimum absolute atomic E-state index is 0.115. The number of urea groups is 1. The summed E-state index contributed by atoms with van der Waals surface area (Å²) in [5, 5.41) is 2.41. The third-order valence-corrected chi connectivity index (χ3v) is 4.33. The third kappa shape index (κ3) is 5.19. The highest BCUT2D eigenvalue weighted by Crippen LogP contribution is 2.34. The largest absolute Gasteiger partial charge is 0.418 e. The fourth-order valence-electron chi connectivity index (χ4n) is 3.00. The Morgan fingerprint density at radius 3 is 2.63 bits per heavy atom. The van der Waals surface area contributed by atoms with Gasteiger partial charge in [0.05, 0.1) is 17.4 Å². The van der Waals surface area contributed by atoms with Crippen LogP contribution in [0.2, 0.25) is 0 Å². The number of hydrogen-bond donors (Lipinski definition) is 1. The van der Waals surface area contributed by atoms with Crippen molar-refractivity contribution in [2.45, 2.75) is 31.7 Å². The number of carbonyl (C=O) groups excluding carboxylic acids is 1. The lowest BCUT2D eigenvalue weighted by Crippen LogP contribution is -2.40. The molecule has 1 aliphatic heterocycles. The summed E-state index contributed by atoms with van der Waals surface area (Å²) in [5.41, 5.74) is -0.302. The van der Waals surface area contributed by atoms with Crippen LogP contribution in [0.3, 0.4) is 0 Å². The topological polar surface area (TPSA) is 54.5 Å². The molecule has 1 aromatic carbocycles. The Hall–Kier alpha value is -2.61. The number of nitrogens with zero attached hydrogens (tertiary/aromatic N) is 2. The molecule has 1 N–H and O–H groups in total. The number of pyridine rings is 1. The van der Waals surface area contributed by atoms with Crippen LogP contribution in [0.15, 0.2) is 48.8 Å². The van der Waals surface area contributed by atoms with Crippen molar-refractivity contribution < 1.29 is 22.7 Å². The van der Waals surface area contributed by atoms with Gasteiger partial charge in [0.15, 0.2) is 0 Å². The van der Waals surface area contributed by atoms with Gasteiger partial charge in [-0.3, -0.25) is 4.98 Å². The minimum atomic E-state index is -4.55. The Balaban J connectivity index is 1.78. The van der Waals surface area contributed by atoms with Crippen molar-refractivity contribution in [3.8, 4) is 0 Å². The van der Waals surface area contributed by atoms with Crippen LogP contribution in [-0.2, 0) is 17.5 Å². The zero-order chi connectivity index (χ0) is 19.3. The highest BCUT2D eigenvalue weighted by molar-refractivity contribution is 5.90. The van der Waals surface area contributed by atoms with E-state index in [1.54, 1.807) is 24.5 Å². The van der Waals surface area contributed by atoms with Gasteiger partial charge < -0.3 is 15.0 Å². The first-order valence-corrected chi connectivity index (χ1v) is 8.66. The molecule has 1 aliphatic rings. The van der Waals surface area contributed by atoms with E-state index >= 15 is 0 Å². The molecule has 2 amide bonds. The summed E-state index contributed by atoms with van der Waals surface area (Å²) in [6.07, 6.45) is 0.280. The molecule has 0 spiro atoms. The second kappa shape index (κ2) is 8.39. The van der Waals surface area contributed by atoms with Crippen molar-refractivity contribution >= 4 is 11.7 Å². The van der Waals surface area contributed by atoms with E-state index in [1.807, 2.05) is 0 Å². The van der Waals surface area contributed by atoms with Gasteiger partial charge in [-0.25, -0.2) is 4.79 Å². The van der Waals surface area contributed by atoms with E-state index in [2.05, 4.69) is 10.3 Å². The first-order valence-electron chi connectivity index (χ1n) is 8.66. The normalized spacial score (nSPS) is 16.9. The molecule has 144 valence electrons. The maximum atomic E-state index is 13.2. The number of rotatable bonds is 5. The lowest BCUT2D eigenvalue weighted by atomic mass is 10.1. The van der Waals surface area contributed by atoms with E-state index < -0.39 is 17.8 Å². The second-order valence-electron chi connectivity index (χ2n) is 6.34. The summed E-state index contributed by atoms with van der Waals surface area (Å²) in [6, 6.07) is 7.87. The number of nitrogens with one attached hydrogen (secondary N) is 1. The summed E-state index contributed by atoms with van der Waals surface area (Å²) in [6.45, 7) is 1.19. The number of ether oxygens (including phenoxy) is 1. The molecule has 2 heterocycles. The Morgan fingerprint density at radius 1 is 1.22 bits per heavy atom. The maximum absolute atomic E-state index is 13.2. The molecule has 1 fully saturated rings. The number of amides is 2. The zero-order valence-electron chi connectivity index (χ0n) is 14.6. The van der Waals surface area contributed by atoms with Gasteiger partial charge in [0.2, 0.25) is 0 Å². The predicted molar refractivity (Wildman–Crippen MR) is 94.1 cm³/mol. The van der Waals surface area contributed by atoms with Gasteiger partial charge in [0.1, 0.15) is 0 Å². The highest BCUT2D eigenvalue weighted by atomic mass is 19.4. The van der Waals surface area contributed by atoms with Crippen LogP contribution in [0, 0.1) is 0 Å². The average molecular weight is 379 g/mol. The molecule has 1 aromatic heterocycles. The molecule has 0 radical (unpaired) electrons. The van der Waals surface area contributed by atoms with Crippen molar-refractivity contribution in [3.05, 3.63) is 59.9 Å². The molecule has 3 rings (SSSR count). The third-order valence-electron chi connectivity index (χ3n) is 4.33. The number of hydrogen-bond acceptors (Lipinski definition) is 3. The van der Waals surface area contributed by atoms with E-state index in [4.69, 9.17) is 4.74 Å². The lowest BCUT2D eigenvalue weighted by Gasteiger charge is -2.26. The van der Waals surface area contributed by atoms with Gasteiger partial charge in [-0.1, -0.05) is 12.1 Å². The first kappa shape index (κ1) is 19.2. The van der Waals surface area contributed by atoms with Gasteiger partial charge in [-0.15, -0.1) is 0 Å². The van der Waals surface area contributed by atoms with Crippen LogP contribution in [0.1, 0.15) is 24.0 Å². The second-order valence-corrected chi connectivity index (χ2v) is 6.34.